The molecule has 2 N–H and O–H groups in total. The van der Waals surface area contributed by atoms with E-state index >= 15 is 0 Å². The van der Waals surface area contributed by atoms with Gasteiger partial charge in [-0.15, -0.1) is 0 Å². The van der Waals surface area contributed by atoms with Crippen LogP contribution in [0.15, 0.2) is 18.3 Å². The summed E-state index contributed by atoms with van der Waals surface area (Å²) in [6, 6.07) is 2.11. The second-order valence-electron chi connectivity index (χ2n) is 4.73. The van der Waals surface area contributed by atoms with Crippen LogP contribution in [0.1, 0.15) is 10.4 Å². The molecule has 1 aromatic rings. The average Bonchev–Trinajstić information content (AvgIpc) is 2.59. The van der Waals surface area contributed by atoms with E-state index < -0.39 is 24.5 Å². The third-order valence-corrected chi connectivity index (χ3v) is 3.32. The zero-order valence-electron chi connectivity index (χ0n) is 12.3. The quantitative estimate of drug-likeness (QED) is 0.685. The average molecular weight is 309 g/mol. The van der Waals surface area contributed by atoms with Gasteiger partial charge in [0.05, 0.1) is 26.9 Å². The highest BCUT2D eigenvalue weighted by Crippen LogP contribution is 2.14. The molecule has 8 nitrogen and oxygen atoms in total. The van der Waals surface area contributed by atoms with Crippen LogP contribution >= 0.6 is 0 Å². The predicted octanol–water partition coefficient (Wildman–Crippen LogP) is -0.818. The number of nitrogens with one attached hydrogen (secondary N) is 1. The largest absolute Gasteiger partial charge is 0.467 e. The van der Waals surface area contributed by atoms with Crippen LogP contribution < -0.4 is 10.2 Å². The van der Waals surface area contributed by atoms with E-state index in [1.807, 2.05) is 4.90 Å². The minimum absolute atomic E-state index is 0.360. The van der Waals surface area contributed by atoms with Crippen molar-refractivity contribution >= 4 is 17.7 Å². The van der Waals surface area contributed by atoms with Crippen molar-refractivity contribution in [1.82, 2.24) is 10.3 Å². The van der Waals surface area contributed by atoms with E-state index in [-0.39, 0.29) is 0 Å². The fraction of sp³-hybridized carbons (Fsp3) is 0.500. The lowest BCUT2D eigenvalue weighted by atomic mass is 10.2. The fourth-order valence-corrected chi connectivity index (χ4v) is 2.09. The number of pyridine rings is 1. The molecule has 1 saturated heterocycles. The number of aromatic nitrogens is 1. The first-order valence-electron chi connectivity index (χ1n) is 6.94. The lowest BCUT2D eigenvalue weighted by molar-refractivity contribution is -0.143. The van der Waals surface area contributed by atoms with E-state index in [2.05, 4.69) is 15.0 Å². The normalized spacial score (nSPS) is 16.0. The van der Waals surface area contributed by atoms with Crippen LogP contribution in [0.3, 0.4) is 0 Å². The summed E-state index contributed by atoms with van der Waals surface area (Å²) in [6.45, 7) is 2.12. The molecule has 0 spiro atoms. The van der Waals surface area contributed by atoms with Gasteiger partial charge in [0.15, 0.2) is 6.04 Å². The maximum absolute atomic E-state index is 12.2. The molecule has 1 aliphatic heterocycles. The molecule has 0 saturated carbocycles. The number of aliphatic hydroxyl groups is 1. The Bertz CT molecular complexity index is 531. The lowest BCUT2D eigenvalue weighted by Gasteiger charge is -2.28. The molecular formula is C14H19N3O5. The Balaban J connectivity index is 2.07. The van der Waals surface area contributed by atoms with Gasteiger partial charge in [-0.1, -0.05) is 0 Å². The molecular weight excluding hydrogens is 290 g/mol. The van der Waals surface area contributed by atoms with Crippen LogP contribution in [-0.2, 0) is 14.3 Å². The van der Waals surface area contributed by atoms with Crippen molar-refractivity contribution < 1.29 is 24.2 Å². The van der Waals surface area contributed by atoms with Gasteiger partial charge in [-0.25, -0.2) is 9.78 Å². The first kappa shape index (κ1) is 16.2. The number of ether oxygens (including phenoxy) is 2. The van der Waals surface area contributed by atoms with Gasteiger partial charge in [0, 0.05) is 24.8 Å². The Labute approximate surface area is 128 Å². The molecule has 0 aliphatic carbocycles. The molecule has 8 heteroatoms. The van der Waals surface area contributed by atoms with Crippen LogP contribution in [0.4, 0.5) is 5.82 Å². The van der Waals surface area contributed by atoms with Gasteiger partial charge in [0.1, 0.15) is 5.82 Å². The second-order valence-corrected chi connectivity index (χ2v) is 4.73. The van der Waals surface area contributed by atoms with E-state index in [1.165, 1.54) is 13.3 Å². The summed E-state index contributed by atoms with van der Waals surface area (Å²) in [4.78, 5) is 29.8. The van der Waals surface area contributed by atoms with Crippen molar-refractivity contribution in [3.05, 3.63) is 23.9 Å². The zero-order chi connectivity index (χ0) is 15.9. The number of carbonyl (C=O) groups is 2. The van der Waals surface area contributed by atoms with Crippen molar-refractivity contribution in [2.24, 2.45) is 0 Å². The van der Waals surface area contributed by atoms with Gasteiger partial charge < -0.3 is 24.8 Å². The highest BCUT2D eigenvalue weighted by molar-refractivity contribution is 5.97. The van der Waals surface area contributed by atoms with E-state index in [0.29, 0.717) is 37.7 Å². The minimum atomic E-state index is -1.09. The number of hydrogen-bond donors (Lipinski definition) is 2. The Kier molecular flexibility index (Phi) is 5.68. The fourth-order valence-electron chi connectivity index (χ4n) is 2.09. The van der Waals surface area contributed by atoms with Crippen molar-refractivity contribution in [1.29, 1.82) is 0 Å². The molecule has 1 atom stereocenters. The minimum Gasteiger partial charge on any atom is -0.467 e. The van der Waals surface area contributed by atoms with E-state index in [0.717, 1.165) is 0 Å². The smallest absolute Gasteiger partial charge is 0.330 e. The molecule has 1 aliphatic rings. The Morgan fingerprint density at radius 3 is 2.86 bits per heavy atom. The summed E-state index contributed by atoms with van der Waals surface area (Å²) in [5.74, 6) is -0.491. The summed E-state index contributed by atoms with van der Waals surface area (Å²) in [5, 5.41) is 11.6. The summed E-state index contributed by atoms with van der Waals surface area (Å²) in [7, 11) is 1.19. The first-order chi connectivity index (χ1) is 10.7. The number of anilines is 1. The first-order valence-corrected chi connectivity index (χ1v) is 6.94. The van der Waals surface area contributed by atoms with Crippen molar-refractivity contribution in [3.8, 4) is 0 Å². The monoisotopic (exact) mass is 309 g/mol. The molecule has 0 aromatic carbocycles. The van der Waals surface area contributed by atoms with Crippen LogP contribution in [0, 0.1) is 0 Å². The lowest BCUT2D eigenvalue weighted by Crippen LogP contribution is -2.44. The zero-order valence-corrected chi connectivity index (χ0v) is 12.3. The van der Waals surface area contributed by atoms with E-state index in [1.54, 1.807) is 12.1 Å². The van der Waals surface area contributed by atoms with Crippen molar-refractivity contribution in [3.63, 3.8) is 0 Å². The van der Waals surface area contributed by atoms with Crippen LogP contribution in [-0.4, -0.2) is 68.0 Å². The van der Waals surface area contributed by atoms with Crippen LogP contribution in [0.2, 0.25) is 0 Å². The molecule has 1 fully saturated rings. The van der Waals surface area contributed by atoms with Crippen LogP contribution in [0.5, 0.6) is 0 Å². The number of methoxy groups -OCH3 is 1. The van der Waals surface area contributed by atoms with E-state index in [9.17, 15) is 9.59 Å². The van der Waals surface area contributed by atoms with Gasteiger partial charge in [-0.3, -0.25) is 4.79 Å². The molecule has 22 heavy (non-hydrogen) atoms. The molecule has 0 bridgehead atoms. The number of morpholine rings is 1. The Hall–Kier alpha value is -2.19. The molecule has 0 unspecified atom stereocenters. The van der Waals surface area contributed by atoms with Gasteiger partial charge >= 0.3 is 5.97 Å². The van der Waals surface area contributed by atoms with Gasteiger partial charge in [0.25, 0.3) is 5.91 Å². The number of aliphatic hydroxyl groups excluding tert-OH is 1. The summed E-state index contributed by atoms with van der Waals surface area (Å²) in [6.07, 6.45) is 1.53. The molecule has 120 valence electrons. The highest BCUT2D eigenvalue weighted by Gasteiger charge is 2.22. The molecule has 1 aromatic heterocycles. The molecule has 2 heterocycles. The third-order valence-electron chi connectivity index (χ3n) is 3.32. The number of amides is 1. The number of nitrogens with zero attached hydrogens (tertiary/aromatic N) is 2. The van der Waals surface area contributed by atoms with Gasteiger partial charge in [-0.2, -0.15) is 0 Å². The topological polar surface area (TPSA) is 101 Å². The molecule has 0 radical (unpaired) electrons. The number of hydrogen-bond acceptors (Lipinski definition) is 7. The molecule has 1 amide bonds. The number of esters is 1. The van der Waals surface area contributed by atoms with Gasteiger partial charge in [-0.05, 0) is 12.1 Å². The van der Waals surface area contributed by atoms with Gasteiger partial charge in [0.2, 0.25) is 0 Å². The summed E-state index contributed by atoms with van der Waals surface area (Å²) in [5.41, 5.74) is 0.360. The number of rotatable bonds is 5. The van der Waals surface area contributed by atoms with Crippen molar-refractivity contribution in [2.45, 2.75) is 6.04 Å². The highest BCUT2D eigenvalue weighted by atomic mass is 16.5. The second kappa shape index (κ2) is 7.71. The molecule has 2 rings (SSSR count). The maximum atomic E-state index is 12.2. The summed E-state index contributed by atoms with van der Waals surface area (Å²) < 4.78 is 9.79. The van der Waals surface area contributed by atoms with Crippen LogP contribution in [0.25, 0.3) is 0 Å². The Morgan fingerprint density at radius 2 is 2.23 bits per heavy atom. The summed E-state index contributed by atoms with van der Waals surface area (Å²) >= 11 is 0. The number of carbonyl (C=O) groups excluding carboxylic acids is 2. The SMILES string of the molecule is COC(=O)[C@H](CO)NC(=O)c1ccnc(N2CCOCC2)c1. The third kappa shape index (κ3) is 3.92. The Morgan fingerprint density at radius 1 is 1.50 bits per heavy atom. The van der Waals surface area contributed by atoms with Crippen molar-refractivity contribution in [2.75, 3.05) is 44.9 Å². The maximum Gasteiger partial charge on any atom is 0.330 e. The predicted molar refractivity (Wildman–Crippen MR) is 77.6 cm³/mol. The standard InChI is InChI=1S/C14H19N3O5/c1-21-14(20)11(9-18)16-13(19)10-2-3-15-12(8-10)17-4-6-22-7-5-17/h2-3,8,11,18H,4-7,9H2,1H3,(H,16,19)/t11-/m0/s1. The van der Waals surface area contributed by atoms with E-state index in [4.69, 9.17) is 9.84 Å².